The Morgan fingerprint density at radius 3 is 2.90 bits per heavy atom. The van der Waals surface area contributed by atoms with Crippen LogP contribution in [0.1, 0.15) is 37.4 Å². The van der Waals surface area contributed by atoms with Crippen molar-refractivity contribution in [3.05, 3.63) is 42.0 Å². The second kappa shape index (κ2) is 6.16. The van der Waals surface area contributed by atoms with E-state index in [0.29, 0.717) is 18.3 Å². The Hall–Kier alpha value is -2.04. The summed E-state index contributed by atoms with van der Waals surface area (Å²) in [5, 5.41) is 7.86. The smallest absolute Gasteiger partial charge is 0.144 e. The predicted octanol–water partition coefficient (Wildman–Crippen LogP) is 3.76. The van der Waals surface area contributed by atoms with Crippen molar-refractivity contribution in [3.63, 3.8) is 0 Å². The number of halogens is 1. The van der Waals surface area contributed by atoms with Crippen LogP contribution in [0.3, 0.4) is 0 Å². The van der Waals surface area contributed by atoms with E-state index in [2.05, 4.69) is 21.3 Å². The van der Waals surface area contributed by atoms with E-state index in [-0.39, 0.29) is 5.82 Å². The molecule has 0 amide bonds. The fraction of sp³-hybridized carbons (Fsp3) is 0.438. The maximum Gasteiger partial charge on any atom is 0.144 e. The standard InChI is InChI=1S/C16H20FN3O/c1-21-16-10-12(17)6-7-15(16)18-11-13-8-9-20(19-13)14-4-2-3-5-14/h6-10,14,18H,2-5,11H2,1H3. The summed E-state index contributed by atoms with van der Waals surface area (Å²) in [6, 6.07) is 7.06. The number of rotatable bonds is 5. The van der Waals surface area contributed by atoms with Crippen LogP contribution in [0, 0.1) is 5.82 Å². The van der Waals surface area contributed by atoms with E-state index in [1.54, 1.807) is 6.07 Å². The molecule has 21 heavy (non-hydrogen) atoms. The Balaban J connectivity index is 1.65. The number of hydrogen-bond acceptors (Lipinski definition) is 3. The summed E-state index contributed by atoms with van der Waals surface area (Å²) in [7, 11) is 1.54. The van der Waals surface area contributed by atoms with Crippen LogP contribution in [0.25, 0.3) is 0 Å². The van der Waals surface area contributed by atoms with Crippen LogP contribution in [-0.4, -0.2) is 16.9 Å². The SMILES string of the molecule is COc1cc(F)ccc1NCc1ccn(C2CCCC2)n1. The monoisotopic (exact) mass is 289 g/mol. The molecule has 3 rings (SSSR count). The first-order valence-electron chi connectivity index (χ1n) is 7.38. The Morgan fingerprint density at radius 1 is 1.33 bits per heavy atom. The molecule has 4 nitrogen and oxygen atoms in total. The van der Waals surface area contributed by atoms with E-state index >= 15 is 0 Å². The van der Waals surface area contributed by atoms with Crippen molar-refractivity contribution in [2.24, 2.45) is 0 Å². The molecule has 1 aliphatic rings. The van der Waals surface area contributed by atoms with E-state index in [9.17, 15) is 4.39 Å². The molecule has 0 unspecified atom stereocenters. The predicted molar refractivity (Wildman–Crippen MR) is 80.0 cm³/mol. The van der Waals surface area contributed by atoms with Gasteiger partial charge in [-0.2, -0.15) is 5.10 Å². The molecular weight excluding hydrogens is 269 g/mol. The lowest BCUT2D eigenvalue weighted by atomic mass is 10.2. The quantitative estimate of drug-likeness (QED) is 0.911. The van der Waals surface area contributed by atoms with Gasteiger partial charge in [-0.1, -0.05) is 12.8 Å². The highest BCUT2D eigenvalue weighted by Gasteiger charge is 2.17. The summed E-state index contributed by atoms with van der Waals surface area (Å²) in [5.41, 5.74) is 1.75. The molecule has 1 heterocycles. The van der Waals surface area contributed by atoms with Gasteiger partial charge in [-0.15, -0.1) is 0 Å². The zero-order valence-corrected chi connectivity index (χ0v) is 12.2. The van der Waals surface area contributed by atoms with Crippen molar-refractivity contribution < 1.29 is 9.13 Å². The van der Waals surface area contributed by atoms with Gasteiger partial charge < -0.3 is 10.1 Å². The summed E-state index contributed by atoms with van der Waals surface area (Å²) >= 11 is 0. The summed E-state index contributed by atoms with van der Waals surface area (Å²) in [6.45, 7) is 0.599. The molecule has 2 aromatic rings. The fourth-order valence-electron chi connectivity index (χ4n) is 2.84. The van der Waals surface area contributed by atoms with Gasteiger partial charge in [-0.05, 0) is 31.0 Å². The van der Waals surface area contributed by atoms with Gasteiger partial charge in [0.15, 0.2) is 0 Å². The molecule has 0 saturated heterocycles. The largest absolute Gasteiger partial charge is 0.494 e. The van der Waals surface area contributed by atoms with E-state index in [1.165, 1.54) is 44.9 Å². The van der Waals surface area contributed by atoms with E-state index in [4.69, 9.17) is 4.74 Å². The van der Waals surface area contributed by atoms with Gasteiger partial charge >= 0.3 is 0 Å². The minimum absolute atomic E-state index is 0.303. The number of aromatic nitrogens is 2. The Morgan fingerprint density at radius 2 is 2.14 bits per heavy atom. The molecule has 1 aromatic carbocycles. The third-order valence-electron chi connectivity index (χ3n) is 3.99. The number of benzene rings is 1. The molecule has 1 fully saturated rings. The molecule has 1 saturated carbocycles. The van der Waals surface area contributed by atoms with Crippen LogP contribution in [0.4, 0.5) is 10.1 Å². The van der Waals surface area contributed by atoms with Gasteiger partial charge in [-0.25, -0.2) is 4.39 Å². The lowest BCUT2D eigenvalue weighted by Gasteiger charge is -2.11. The maximum atomic E-state index is 13.1. The summed E-state index contributed by atoms with van der Waals surface area (Å²) in [6.07, 6.45) is 7.09. The lowest BCUT2D eigenvalue weighted by molar-refractivity contribution is 0.413. The topological polar surface area (TPSA) is 39.1 Å². The van der Waals surface area contributed by atoms with Gasteiger partial charge in [0.2, 0.25) is 0 Å². The van der Waals surface area contributed by atoms with Crippen molar-refractivity contribution in [2.75, 3.05) is 12.4 Å². The molecule has 0 bridgehead atoms. The van der Waals surface area contributed by atoms with Gasteiger partial charge in [-0.3, -0.25) is 4.68 Å². The minimum Gasteiger partial charge on any atom is -0.494 e. The van der Waals surface area contributed by atoms with Gasteiger partial charge in [0.1, 0.15) is 11.6 Å². The highest BCUT2D eigenvalue weighted by Crippen LogP contribution is 2.29. The number of nitrogens with one attached hydrogen (secondary N) is 1. The average molecular weight is 289 g/mol. The second-order valence-electron chi connectivity index (χ2n) is 5.42. The van der Waals surface area contributed by atoms with Crippen LogP contribution < -0.4 is 10.1 Å². The number of hydrogen-bond donors (Lipinski definition) is 1. The first kappa shape index (κ1) is 13.9. The molecule has 112 valence electrons. The third-order valence-corrected chi connectivity index (χ3v) is 3.99. The van der Waals surface area contributed by atoms with Gasteiger partial charge in [0.25, 0.3) is 0 Å². The maximum absolute atomic E-state index is 13.1. The van der Waals surface area contributed by atoms with Crippen molar-refractivity contribution in [1.82, 2.24) is 9.78 Å². The highest BCUT2D eigenvalue weighted by atomic mass is 19.1. The molecule has 1 aliphatic carbocycles. The third kappa shape index (κ3) is 3.17. The van der Waals surface area contributed by atoms with Crippen molar-refractivity contribution in [2.45, 2.75) is 38.3 Å². The van der Waals surface area contributed by atoms with Crippen molar-refractivity contribution in [1.29, 1.82) is 0 Å². The van der Waals surface area contributed by atoms with E-state index < -0.39 is 0 Å². The first-order valence-corrected chi connectivity index (χ1v) is 7.38. The number of ether oxygens (including phenoxy) is 1. The Bertz CT molecular complexity index is 605. The number of methoxy groups -OCH3 is 1. The fourth-order valence-corrected chi connectivity index (χ4v) is 2.84. The molecule has 0 spiro atoms. The minimum atomic E-state index is -0.303. The first-order chi connectivity index (χ1) is 10.3. The average Bonchev–Trinajstić information content (AvgIpc) is 3.16. The van der Waals surface area contributed by atoms with E-state index in [0.717, 1.165) is 11.4 Å². The van der Waals surface area contributed by atoms with Crippen LogP contribution in [-0.2, 0) is 6.54 Å². The Kier molecular flexibility index (Phi) is 4.08. The van der Waals surface area contributed by atoms with Crippen LogP contribution in [0.2, 0.25) is 0 Å². The van der Waals surface area contributed by atoms with Crippen LogP contribution in [0.15, 0.2) is 30.5 Å². The summed E-state index contributed by atoms with van der Waals surface area (Å²) < 4.78 is 20.4. The van der Waals surface area contributed by atoms with Crippen LogP contribution in [0.5, 0.6) is 5.75 Å². The highest BCUT2D eigenvalue weighted by molar-refractivity contribution is 5.56. The number of anilines is 1. The van der Waals surface area contributed by atoms with Crippen molar-refractivity contribution >= 4 is 5.69 Å². The molecule has 1 aromatic heterocycles. The zero-order chi connectivity index (χ0) is 14.7. The van der Waals surface area contributed by atoms with Crippen LogP contribution >= 0.6 is 0 Å². The lowest BCUT2D eigenvalue weighted by Crippen LogP contribution is -2.07. The molecule has 0 radical (unpaired) electrons. The van der Waals surface area contributed by atoms with Crippen molar-refractivity contribution in [3.8, 4) is 5.75 Å². The molecule has 5 heteroatoms. The number of nitrogens with zero attached hydrogens (tertiary/aromatic N) is 2. The Labute approximate surface area is 123 Å². The second-order valence-corrected chi connectivity index (χ2v) is 5.42. The molecule has 0 aliphatic heterocycles. The van der Waals surface area contributed by atoms with Gasteiger partial charge in [0, 0.05) is 12.3 Å². The van der Waals surface area contributed by atoms with E-state index in [1.807, 2.05) is 6.07 Å². The molecule has 1 N–H and O–H groups in total. The van der Waals surface area contributed by atoms with Gasteiger partial charge in [0.05, 0.1) is 31.1 Å². The normalized spacial score (nSPS) is 15.3. The zero-order valence-electron chi connectivity index (χ0n) is 12.2. The molecule has 0 atom stereocenters. The molecular formula is C16H20FN3O. The summed E-state index contributed by atoms with van der Waals surface area (Å²) in [4.78, 5) is 0. The summed E-state index contributed by atoms with van der Waals surface area (Å²) in [5.74, 6) is 0.202.